The number of methoxy groups -OCH3 is 1. The molecule has 16 heavy (non-hydrogen) atoms. The second-order valence-electron chi connectivity index (χ2n) is 3.72. The van der Waals surface area contributed by atoms with Gasteiger partial charge in [0.05, 0.1) is 12.3 Å². The van der Waals surface area contributed by atoms with Crippen LogP contribution in [0.2, 0.25) is 0 Å². The van der Waals surface area contributed by atoms with Crippen molar-refractivity contribution in [3.63, 3.8) is 0 Å². The Balaban J connectivity index is 2.55. The topological polar surface area (TPSA) is 51.4 Å². The second-order valence-corrected chi connectivity index (χ2v) is 3.72. The fourth-order valence-electron chi connectivity index (χ4n) is 1.57. The summed E-state index contributed by atoms with van der Waals surface area (Å²) in [6.45, 7) is 6.31. The van der Waals surface area contributed by atoms with Gasteiger partial charge < -0.3 is 10.5 Å². The summed E-state index contributed by atoms with van der Waals surface area (Å²) in [5.41, 5.74) is 7.77. The molecule has 1 aromatic rings. The van der Waals surface area contributed by atoms with Gasteiger partial charge in [-0.05, 0) is 24.2 Å². The molecule has 1 aromatic heterocycles. The number of pyridine rings is 1. The molecule has 0 amide bonds. The molecule has 0 saturated heterocycles. The molecule has 4 heteroatoms. The van der Waals surface area contributed by atoms with Gasteiger partial charge in [-0.1, -0.05) is 6.92 Å². The predicted molar refractivity (Wildman–Crippen MR) is 65.0 cm³/mol. The summed E-state index contributed by atoms with van der Waals surface area (Å²) in [7, 11) is 1.73. The van der Waals surface area contributed by atoms with Crippen molar-refractivity contribution in [3.8, 4) is 0 Å². The molecule has 90 valence electrons. The zero-order valence-electron chi connectivity index (χ0n) is 10.1. The van der Waals surface area contributed by atoms with Crippen LogP contribution >= 0.6 is 0 Å². The molecule has 1 rings (SSSR count). The number of nitrogens with two attached hydrogens (primary N) is 1. The molecule has 0 spiro atoms. The fourth-order valence-corrected chi connectivity index (χ4v) is 1.57. The minimum atomic E-state index is 0.498. The van der Waals surface area contributed by atoms with E-state index in [0.29, 0.717) is 6.54 Å². The third kappa shape index (κ3) is 4.26. The molecule has 0 atom stereocenters. The van der Waals surface area contributed by atoms with E-state index in [1.807, 2.05) is 12.3 Å². The van der Waals surface area contributed by atoms with E-state index in [1.54, 1.807) is 7.11 Å². The van der Waals surface area contributed by atoms with Crippen LogP contribution in [-0.4, -0.2) is 36.7 Å². The van der Waals surface area contributed by atoms with Gasteiger partial charge in [-0.2, -0.15) is 0 Å². The smallest absolute Gasteiger partial charge is 0.0589 e. The second kappa shape index (κ2) is 7.33. The van der Waals surface area contributed by atoms with Gasteiger partial charge in [-0.25, -0.2) is 0 Å². The molecule has 4 nitrogen and oxygen atoms in total. The SMILES string of the molecule is CCN(CCOC)Cc1ccnc(CN)c1. The first-order valence-corrected chi connectivity index (χ1v) is 5.65. The molecule has 0 aliphatic carbocycles. The van der Waals surface area contributed by atoms with Crippen LogP contribution in [0.25, 0.3) is 0 Å². The van der Waals surface area contributed by atoms with Gasteiger partial charge in [-0.15, -0.1) is 0 Å². The molecule has 0 aliphatic rings. The molecule has 0 bridgehead atoms. The predicted octanol–water partition coefficient (Wildman–Crippen LogP) is 1.01. The molecule has 0 unspecified atom stereocenters. The standard InChI is InChI=1S/C12H21N3O/c1-3-15(6-7-16-2)10-11-4-5-14-12(8-11)9-13/h4-5,8H,3,6-7,9-10,13H2,1-2H3. The van der Waals surface area contributed by atoms with Crippen molar-refractivity contribution < 1.29 is 4.74 Å². The highest BCUT2D eigenvalue weighted by atomic mass is 16.5. The highest BCUT2D eigenvalue weighted by molar-refractivity contribution is 5.16. The van der Waals surface area contributed by atoms with Crippen LogP contribution in [-0.2, 0) is 17.8 Å². The van der Waals surface area contributed by atoms with Gasteiger partial charge in [0, 0.05) is 32.9 Å². The van der Waals surface area contributed by atoms with E-state index in [-0.39, 0.29) is 0 Å². The minimum absolute atomic E-state index is 0.498. The first kappa shape index (κ1) is 13.1. The number of rotatable bonds is 7. The summed E-state index contributed by atoms with van der Waals surface area (Å²) in [6, 6.07) is 4.10. The van der Waals surface area contributed by atoms with Gasteiger partial charge >= 0.3 is 0 Å². The summed E-state index contributed by atoms with van der Waals surface area (Å²) in [6.07, 6.45) is 1.82. The van der Waals surface area contributed by atoms with Crippen LogP contribution in [0.5, 0.6) is 0 Å². The monoisotopic (exact) mass is 223 g/mol. The Morgan fingerprint density at radius 2 is 2.31 bits per heavy atom. The van der Waals surface area contributed by atoms with Crippen molar-refractivity contribution in [2.75, 3.05) is 26.8 Å². The lowest BCUT2D eigenvalue weighted by Gasteiger charge is -2.20. The van der Waals surface area contributed by atoms with E-state index in [0.717, 1.165) is 31.9 Å². The van der Waals surface area contributed by atoms with Crippen LogP contribution < -0.4 is 5.73 Å². The zero-order chi connectivity index (χ0) is 11.8. The Morgan fingerprint density at radius 1 is 1.50 bits per heavy atom. The molecular formula is C12H21N3O. The van der Waals surface area contributed by atoms with Gasteiger partial charge in [0.15, 0.2) is 0 Å². The van der Waals surface area contributed by atoms with E-state index in [9.17, 15) is 0 Å². The summed E-state index contributed by atoms with van der Waals surface area (Å²) in [5, 5.41) is 0. The normalized spacial score (nSPS) is 11.0. The number of ether oxygens (including phenoxy) is 1. The summed E-state index contributed by atoms with van der Waals surface area (Å²) >= 11 is 0. The third-order valence-electron chi connectivity index (χ3n) is 2.56. The largest absolute Gasteiger partial charge is 0.383 e. The minimum Gasteiger partial charge on any atom is -0.383 e. The van der Waals surface area contributed by atoms with E-state index in [2.05, 4.69) is 22.9 Å². The fraction of sp³-hybridized carbons (Fsp3) is 0.583. The van der Waals surface area contributed by atoms with Crippen LogP contribution in [0.3, 0.4) is 0 Å². The summed E-state index contributed by atoms with van der Waals surface area (Å²) in [4.78, 5) is 6.52. The van der Waals surface area contributed by atoms with Gasteiger partial charge in [0.2, 0.25) is 0 Å². The Kier molecular flexibility index (Phi) is 6.00. The summed E-state index contributed by atoms with van der Waals surface area (Å²) in [5.74, 6) is 0. The molecule has 0 saturated carbocycles. The first-order valence-electron chi connectivity index (χ1n) is 5.65. The van der Waals surface area contributed by atoms with Crippen molar-refractivity contribution in [2.45, 2.75) is 20.0 Å². The van der Waals surface area contributed by atoms with Crippen molar-refractivity contribution in [3.05, 3.63) is 29.6 Å². The average Bonchev–Trinajstić information content (AvgIpc) is 2.34. The third-order valence-corrected chi connectivity index (χ3v) is 2.56. The van der Waals surface area contributed by atoms with Crippen LogP contribution in [0, 0.1) is 0 Å². The highest BCUT2D eigenvalue weighted by Gasteiger charge is 2.04. The Bertz CT molecular complexity index is 304. The quantitative estimate of drug-likeness (QED) is 0.749. The van der Waals surface area contributed by atoms with E-state index in [4.69, 9.17) is 10.5 Å². The van der Waals surface area contributed by atoms with E-state index in [1.165, 1.54) is 5.56 Å². The van der Waals surface area contributed by atoms with E-state index < -0.39 is 0 Å². The lowest BCUT2D eigenvalue weighted by Crippen LogP contribution is -2.26. The number of aromatic nitrogens is 1. The summed E-state index contributed by atoms with van der Waals surface area (Å²) < 4.78 is 5.08. The molecule has 2 N–H and O–H groups in total. The van der Waals surface area contributed by atoms with Crippen molar-refractivity contribution in [1.82, 2.24) is 9.88 Å². The molecule has 0 fully saturated rings. The molecule has 0 aromatic carbocycles. The zero-order valence-corrected chi connectivity index (χ0v) is 10.1. The molecular weight excluding hydrogens is 202 g/mol. The van der Waals surface area contributed by atoms with Crippen molar-refractivity contribution in [1.29, 1.82) is 0 Å². The van der Waals surface area contributed by atoms with Gasteiger partial charge in [-0.3, -0.25) is 9.88 Å². The van der Waals surface area contributed by atoms with E-state index >= 15 is 0 Å². The molecule has 0 radical (unpaired) electrons. The molecule has 0 aliphatic heterocycles. The number of hydrogen-bond donors (Lipinski definition) is 1. The maximum atomic E-state index is 5.57. The van der Waals surface area contributed by atoms with Crippen LogP contribution in [0.4, 0.5) is 0 Å². The maximum absolute atomic E-state index is 5.57. The lowest BCUT2D eigenvalue weighted by atomic mass is 10.2. The Labute approximate surface area is 97.4 Å². The Morgan fingerprint density at radius 3 is 2.94 bits per heavy atom. The molecule has 1 heterocycles. The number of hydrogen-bond acceptors (Lipinski definition) is 4. The maximum Gasteiger partial charge on any atom is 0.0589 e. The average molecular weight is 223 g/mol. The van der Waals surface area contributed by atoms with Crippen LogP contribution in [0.15, 0.2) is 18.3 Å². The van der Waals surface area contributed by atoms with Crippen molar-refractivity contribution in [2.24, 2.45) is 5.73 Å². The first-order chi connectivity index (χ1) is 7.80. The highest BCUT2D eigenvalue weighted by Crippen LogP contribution is 2.05. The van der Waals surface area contributed by atoms with Crippen LogP contribution in [0.1, 0.15) is 18.2 Å². The van der Waals surface area contributed by atoms with Gasteiger partial charge in [0.25, 0.3) is 0 Å². The van der Waals surface area contributed by atoms with Gasteiger partial charge in [0.1, 0.15) is 0 Å². The van der Waals surface area contributed by atoms with Crippen molar-refractivity contribution >= 4 is 0 Å². The Hall–Kier alpha value is -0.970. The number of nitrogens with zero attached hydrogens (tertiary/aromatic N) is 2. The lowest BCUT2D eigenvalue weighted by molar-refractivity contribution is 0.147. The number of likely N-dealkylation sites (N-methyl/N-ethyl adjacent to an activating group) is 1.